The predicted molar refractivity (Wildman–Crippen MR) is 80.4 cm³/mol. The van der Waals surface area contributed by atoms with Gasteiger partial charge in [-0.2, -0.15) is 0 Å². The summed E-state index contributed by atoms with van der Waals surface area (Å²) in [4.78, 5) is 12.0. The normalized spacial score (nSPS) is 45.5. The molecule has 134 valence electrons. The Morgan fingerprint density at radius 2 is 1.87 bits per heavy atom. The van der Waals surface area contributed by atoms with Crippen LogP contribution in [-0.2, 0) is 14.3 Å². The molecule has 1 saturated heterocycles. The molecule has 0 aromatic rings. The molecule has 4 N–H and O–H groups in total. The topological polar surface area (TPSA) is 116 Å². The van der Waals surface area contributed by atoms with Crippen LogP contribution in [-0.4, -0.2) is 69.6 Å². The van der Waals surface area contributed by atoms with Crippen LogP contribution in [0, 0.1) is 17.8 Å². The molecule has 8 atom stereocenters. The van der Waals surface area contributed by atoms with E-state index in [0.717, 1.165) is 0 Å². The highest BCUT2D eigenvalue weighted by Crippen LogP contribution is 2.35. The van der Waals surface area contributed by atoms with Gasteiger partial charge in [0, 0.05) is 12.3 Å². The van der Waals surface area contributed by atoms with Crippen LogP contribution in [0.15, 0.2) is 0 Å². The van der Waals surface area contributed by atoms with Crippen molar-refractivity contribution in [2.75, 3.05) is 6.61 Å². The first-order valence-corrected chi connectivity index (χ1v) is 8.25. The molecule has 3 unspecified atom stereocenters. The van der Waals surface area contributed by atoms with Gasteiger partial charge in [-0.1, -0.05) is 20.8 Å². The van der Waals surface area contributed by atoms with Crippen molar-refractivity contribution in [2.24, 2.45) is 17.8 Å². The zero-order valence-electron chi connectivity index (χ0n) is 13.8. The molecule has 0 amide bonds. The van der Waals surface area contributed by atoms with Gasteiger partial charge in [0.1, 0.15) is 30.2 Å². The van der Waals surface area contributed by atoms with Crippen LogP contribution in [0.4, 0.5) is 0 Å². The standard InChI is InChI=1S/C16H28O7/c1-7(2)9-5-10(18)8(3)4-11(9)22-16-15(21)14(20)13(19)12(6-17)23-16/h7-9,11-17,19-21H,4-6H2,1-3H3/t8?,9?,11?,12-,13-,14+,15-,16-/m1/s1. The van der Waals surface area contributed by atoms with Gasteiger partial charge in [-0.05, 0) is 18.3 Å². The van der Waals surface area contributed by atoms with Gasteiger partial charge in [-0.15, -0.1) is 0 Å². The van der Waals surface area contributed by atoms with Crippen LogP contribution in [0.1, 0.15) is 33.6 Å². The Bertz CT molecular complexity index is 411. The van der Waals surface area contributed by atoms with Gasteiger partial charge in [0.25, 0.3) is 0 Å². The lowest BCUT2D eigenvalue weighted by Gasteiger charge is -2.44. The van der Waals surface area contributed by atoms with E-state index in [-0.39, 0.29) is 29.6 Å². The highest BCUT2D eigenvalue weighted by molar-refractivity contribution is 5.81. The SMILES string of the molecule is CC1CC(O[C@@H]2O[C@H](CO)[C@@H](O)[C@H](O)[C@H]2O)C(C(C)C)CC1=O. The summed E-state index contributed by atoms with van der Waals surface area (Å²) in [7, 11) is 0. The fourth-order valence-electron chi connectivity index (χ4n) is 3.39. The molecule has 0 bridgehead atoms. The zero-order valence-corrected chi connectivity index (χ0v) is 13.8. The van der Waals surface area contributed by atoms with E-state index in [9.17, 15) is 25.2 Å². The Morgan fingerprint density at radius 3 is 2.43 bits per heavy atom. The fraction of sp³-hybridized carbons (Fsp3) is 0.938. The predicted octanol–water partition coefficient (Wildman–Crippen LogP) is -0.557. The number of carbonyl (C=O) groups is 1. The smallest absolute Gasteiger partial charge is 0.186 e. The molecule has 0 spiro atoms. The largest absolute Gasteiger partial charge is 0.394 e. The maximum absolute atomic E-state index is 12.0. The van der Waals surface area contributed by atoms with Crippen molar-refractivity contribution in [1.29, 1.82) is 0 Å². The van der Waals surface area contributed by atoms with Gasteiger partial charge in [-0.25, -0.2) is 0 Å². The first-order valence-electron chi connectivity index (χ1n) is 8.25. The van der Waals surface area contributed by atoms with E-state index >= 15 is 0 Å². The van der Waals surface area contributed by atoms with Crippen LogP contribution in [0.3, 0.4) is 0 Å². The molecular weight excluding hydrogens is 304 g/mol. The first kappa shape index (κ1) is 18.8. The lowest BCUT2D eigenvalue weighted by Crippen LogP contribution is -2.60. The van der Waals surface area contributed by atoms with E-state index < -0.39 is 37.3 Å². The summed E-state index contributed by atoms with van der Waals surface area (Å²) in [6.45, 7) is 5.38. The Morgan fingerprint density at radius 1 is 1.22 bits per heavy atom. The molecule has 1 heterocycles. The van der Waals surface area contributed by atoms with Crippen molar-refractivity contribution in [2.45, 2.75) is 70.4 Å². The lowest BCUT2D eigenvalue weighted by atomic mass is 9.74. The number of Topliss-reactive ketones (excluding diaryl/α,β-unsaturated/α-hetero) is 1. The molecule has 2 fully saturated rings. The summed E-state index contributed by atoms with van der Waals surface area (Å²) in [5.74, 6) is 0.310. The molecule has 7 heteroatoms. The van der Waals surface area contributed by atoms with E-state index in [4.69, 9.17) is 9.47 Å². The van der Waals surface area contributed by atoms with Gasteiger partial charge in [0.05, 0.1) is 12.7 Å². The average Bonchev–Trinajstić information content (AvgIpc) is 2.50. The fourth-order valence-corrected chi connectivity index (χ4v) is 3.39. The molecular formula is C16H28O7. The van der Waals surface area contributed by atoms with Crippen molar-refractivity contribution in [3.8, 4) is 0 Å². The highest BCUT2D eigenvalue weighted by atomic mass is 16.7. The van der Waals surface area contributed by atoms with E-state index in [1.54, 1.807) is 0 Å². The number of hydrogen-bond acceptors (Lipinski definition) is 7. The molecule has 23 heavy (non-hydrogen) atoms. The van der Waals surface area contributed by atoms with Crippen LogP contribution < -0.4 is 0 Å². The first-order chi connectivity index (χ1) is 10.8. The Balaban J connectivity index is 2.10. The molecule has 7 nitrogen and oxygen atoms in total. The van der Waals surface area contributed by atoms with E-state index in [0.29, 0.717) is 12.8 Å². The maximum Gasteiger partial charge on any atom is 0.186 e. The van der Waals surface area contributed by atoms with Gasteiger partial charge in [-0.3, -0.25) is 4.79 Å². The summed E-state index contributed by atoms with van der Waals surface area (Å²) < 4.78 is 11.3. The minimum atomic E-state index is -1.45. The molecule has 2 rings (SSSR count). The van der Waals surface area contributed by atoms with Crippen molar-refractivity contribution in [3.05, 3.63) is 0 Å². The minimum Gasteiger partial charge on any atom is -0.394 e. The van der Waals surface area contributed by atoms with Gasteiger partial charge in [0.15, 0.2) is 6.29 Å². The number of aliphatic hydroxyl groups is 4. The lowest BCUT2D eigenvalue weighted by molar-refractivity contribution is -0.317. The second kappa shape index (κ2) is 7.55. The summed E-state index contributed by atoms with van der Waals surface area (Å²) in [5.41, 5.74) is 0. The molecule has 1 saturated carbocycles. The molecule has 0 radical (unpaired) electrons. The molecule has 0 aromatic heterocycles. The third-order valence-corrected chi connectivity index (χ3v) is 5.06. The van der Waals surface area contributed by atoms with Crippen LogP contribution in [0.5, 0.6) is 0 Å². The number of aliphatic hydroxyl groups excluding tert-OH is 4. The quantitative estimate of drug-likeness (QED) is 0.545. The van der Waals surface area contributed by atoms with Gasteiger partial charge < -0.3 is 29.9 Å². The number of ether oxygens (including phenoxy) is 2. The molecule has 1 aliphatic carbocycles. The highest BCUT2D eigenvalue weighted by Gasteiger charge is 2.46. The molecule has 0 aromatic carbocycles. The number of ketones is 1. The Kier molecular flexibility index (Phi) is 6.16. The minimum absolute atomic E-state index is 0.00562. The Labute approximate surface area is 136 Å². The Hall–Kier alpha value is -0.570. The molecule has 2 aliphatic rings. The maximum atomic E-state index is 12.0. The number of carbonyl (C=O) groups excluding carboxylic acids is 1. The summed E-state index contributed by atoms with van der Waals surface area (Å²) in [6, 6.07) is 0. The van der Waals surface area contributed by atoms with Crippen LogP contribution in [0.25, 0.3) is 0 Å². The van der Waals surface area contributed by atoms with Gasteiger partial charge in [0.2, 0.25) is 0 Å². The van der Waals surface area contributed by atoms with Crippen LogP contribution >= 0.6 is 0 Å². The van der Waals surface area contributed by atoms with Crippen molar-refractivity contribution >= 4 is 5.78 Å². The van der Waals surface area contributed by atoms with Crippen molar-refractivity contribution in [3.63, 3.8) is 0 Å². The summed E-state index contributed by atoms with van der Waals surface area (Å²) in [6.07, 6.45) is -5.74. The third-order valence-electron chi connectivity index (χ3n) is 5.06. The van der Waals surface area contributed by atoms with E-state index in [2.05, 4.69) is 0 Å². The second-order valence-electron chi connectivity index (χ2n) is 7.09. The summed E-state index contributed by atoms with van der Waals surface area (Å²) in [5, 5.41) is 39.0. The molecule has 1 aliphatic heterocycles. The average molecular weight is 332 g/mol. The zero-order chi connectivity index (χ0) is 17.3. The van der Waals surface area contributed by atoms with Gasteiger partial charge >= 0.3 is 0 Å². The second-order valence-corrected chi connectivity index (χ2v) is 7.09. The van der Waals surface area contributed by atoms with Crippen LogP contribution in [0.2, 0.25) is 0 Å². The van der Waals surface area contributed by atoms with Crippen molar-refractivity contribution in [1.82, 2.24) is 0 Å². The third kappa shape index (κ3) is 3.92. The number of hydrogen-bond donors (Lipinski definition) is 4. The van der Waals surface area contributed by atoms with E-state index in [1.165, 1.54) is 0 Å². The monoisotopic (exact) mass is 332 g/mol. The van der Waals surface area contributed by atoms with E-state index in [1.807, 2.05) is 20.8 Å². The van der Waals surface area contributed by atoms with Crippen molar-refractivity contribution < 1.29 is 34.7 Å². The summed E-state index contributed by atoms with van der Waals surface area (Å²) >= 11 is 0. The number of rotatable bonds is 4.